The van der Waals surface area contributed by atoms with Crippen LogP contribution in [0.5, 0.6) is 5.75 Å². The van der Waals surface area contributed by atoms with Crippen LogP contribution in [0.1, 0.15) is 16.8 Å². The van der Waals surface area contributed by atoms with Crippen molar-refractivity contribution in [3.63, 3.8) is 0 Å². The lowest BCUT2D eigenvalue weighted by Gasteiger charge is -2.29. The first-order valence-electron chi connectivity index (χ1n) is 9.70. The van der Waals surface area contributed by atoms with Crippen molar-refractivity contribution >= 4 is 5.95 Å². The summed E-state index contributed by atoms with van der Waals surface area (Å²) in [7, 11) is 6.03. The van der Waals surface area contributed by atoms with Crippen molar-refractivity contribution in [3.8, 4) is 5.75 Å². The second kappa shape index (κ2) is 9.39. The fourth-order valence-corrected chi connectivity index (χ4v) is 3.30. The molecular formula is C23H28N4O2. The Labute approximate surface area is 171 Å². The van der Waals surface area contributed by atoms with Crippen LogP contribution in [-0.4, -0.2) is 53.7 Å². The normalized spacial score (nSPS) is 12.1. The molecule has 3 rings (SSSR count). The highest BCUT2D eigenvalue weighted by Gasteiger charge is 2.17. The highest BCUT2D eigenvalue weighted by atomic mass is 16.3. The zero-order chi connectivity index (χ0) is 20.8. The summed E-state index contributed by atoms with van der Waals surface area (Å²) in [6.45, 7) is 0.700. The predicted molar refractivity (Wildman–Crippen MR) is 117 cm³/mol. The van der Waals surface area contributed by atoms with Crippen molar-refractivity contribution in [2.45, 2.75) is 18.9 Å². The summed E-state index contributed by atoms with van der Waals surface area (Å²) >= 11 is 0. The summed E-state index contributed by atoms with van der Waals surface area (Å²) in [6, 6.07) is 19.1. The van der Waals surface area contributed by atoms with Crippen LogP contribution in [0.25, 0.3) is 0 Å². The molecule has 1 atom stereocenters. The number of H-pyrrole nitrogens is 1. The minimum atomic E-state index is -0.239. The van der Waals surface area contributed by atoms with Crippen LogP contribution in [-0.2, 0) is 12.8 Å². The van der Waals surface area contributed by atoms with E-state index in [4.69, 9.17) is 0 Å². The third-order valence-electron chi connectivity index (χ3n) is 5.01. The molecule has 0 fully saturated rings. The summed E-state index contributed by atoms with van der Waals surface area (Å²) in [6.07, 6.45) is 1.48. The minimum Gasteiger partial charge on any atom is -0.508 e. The van der Waals surface area contributed by atoms with E-state index in [2.05, 4.69) is 14.9 Å². The molecule has 3 aromatic rings. The van der Waals surface area contributed by atoms with E-state index in [1.165, 1.54) is 0 Å². The van der Waals surface area contributed by atoms with Crippen LogP contribution in [0.4, 0.5) is 5.95 Å². The van der Waals surface area contributed by atoms with Gasteiger partial charge in [-0.2, -0.15) is 4.98 Å². The molecule has 1 aromatic heterocycles. The molecule has 2 aromatic carbocycles. The van der Waals surface area contributed by atoms with E-state index in [1.807, 2.05) is 68.5 Å². The van der Waals surface area contributed by atoms with E-state index in [0.717, 1.165) is 23.2 Å². The molecule has 0 aliphatic heterocycles. The molecule has 0 aliphatic rings. The van der Waals surface area contributed by atoms with Crippen molar-refractivity contribution in [2.24, 2.45) is 0 Å². The number of likely N-dealkylation sites (N-methyl/N-ethyl adjacent to an activating group) is 2. The number of phenolic OH excluding ortho intramolecular Hbond substituents is 1. The SMILES string of the molecule is CN(C[C@H](Cc1ccc(O)cc1)N(C)C)c1nc(=O)cc(Cc2ccccc2)[nH]1. The van der Waals surface area contributed by atoms with Crippen molar-refractivity contribution in [2.75, 3.05) is 32.6 Å². The Morgan fingerprint density at radius 3 is 2.34 bits per heavy atom. The van der Waals surface area contributed by atoms with E-state index in [1.54, 1.807) is 18.2 Å². The average molecular weight is 393 g/mol. The first-order valence-corrected chi connectivity index (χ1v) is 9.70. The molecule has 0 saturated carbocycles. The van der Waals surface area contributed by atoms with Crippen LogP contribution < -0.4 is 10.5 Å². The number of aromatic amines is 1. The van der Waals surface area contributed by atoms with Gasteiger partial charge in [-0.3, -0.25) is 4.79 Å². The standard InChI is InChI=1S/C23H28N4O2/c1-26(2)20(14-18-9-11-21(28)12-10-18)16-27(3)23-24-19(15-22(29)25-23)13-17-7-5-4-6-8-17/h4-12,15,20,28H,13-14,16H2,1-3H3,(H,24,25,29)/t20-/m0/s1. The lowest BCUT2D eigenvalue weighted by Crippen LogP contribution is -2.41. The minimum absolute atomic E-state index is 0.215. The lowest BCUT2D eigenvalue weighted by atomic mass is 10.0. The smallest absolute Gasteiger partial charge is 0.274 e. The van der Waals surface area contributed by atoms with Crippen LogP contribution in [0.2, 0.25) is 0 Å². The highest BCUT2D eigenvalue weighted by molar-refractivity contribution is 5.32. The fraction of sp³-hybridized carbons (Fsp3) is 0.304. The Balaban J connectivity index is 1.74. The van der Waals surface area contributed by atoms with Crippen LogP contribution in [0.3, 0.4) is 0 Å². The van der Waals surface area contributed by atoms with Crippen LogP contribution >= 0.6 is 0 Å². The molecule has 1 heterocycles. The number of anilines is 1. The zero-order valence-corrected chi connectivity index (χ0v) is 17.2. The fourth-order valence-electron chi connectivity index (χ4n) is 3.30. The van der Waals surface area contributed by atoms with Gasteiger partial charge in [0.25, 0.3) is 5.56 Å². The van der Waals surface area contributed by atoms with Gasteiger partial charge in [0, 0.05) is 37.8 Å². The number of hydrogen-bond donors (Lipinski definition) is 2. The molecule has 0 amide bonds. The van der Waals surface area contributed by atoms with Gasteiger partial charge >= 0.3 is 0 Å². The molecule has 0 bridgehead atoms. The van der Waals surface area contributed by atoms with Crippen molar-refractivity contribution < 1.29 is 5.11 Å². The van der Waals surface area contributed by atoms with E-state index >= 15 is 0 Å². The molecule has 152 valence electrons. The molecule has 6 heteroatoms. The predicted octanol–water partition coefficient (Wildman–Crippen LogP) is 2.68. The largest absolute Gasteiger partial charge is 0.508 e. The summed E-state index contributed by atoms with van der Waals surface area (Å²) < 4.78 is 0. The maximum atomic E-state index is 12.2. The van der Waals surface area contributed by atoms with E-state index < -0.39 is 0 Å². The number of hydrogen-bond acceptors (Lipinski definition) is 5. The summed E-state index contributed by atoms with van der Waals surface area (Å²) in [5.41, 5.74) is 2.89. The Kier molecular flexibility index (Phi) is 6.67. The summed E-state index contributed by atoms with van der Waals surface area (Å²) in [4.78, 5) is 23.8. The Morgan fingerprint density at radius 1 is 1.00 bits per heavy atom. The van der Waals surface area contributed by atoms with Gasteiger partial charge in [-0.1, -0.05) is 42.5 Å². The van der Waals surface area contributed by atoms with Gasteiger partial charge in [-0.25, -0.2) is 0 Å². The third-order valence-corrected chi connectivity index (χ3v) is 5.01. The quantitative estimate of drug-likeness (QED) is 0.617. The number of benzene rings is 2. The molecule has 2 N–H and O–H groups in total. The molecular weight excluding hydrogens is 364 g/mol. The van der Waals surface area contributed by atoms with Gasteiger partial charge in [-0.15, -0.1) is 0 Å². The molecule has 29 heavy (non-hydrogen) atoms. The van der Waals surface area contributed by atoms with Gasteiger partial charge < -0.3 is 19.9 Å². The average Bonchev–Trinajstić information content (AvgIpc) is 2.69. The number of phenols is 1. The van der Waals surface area contributed by atoms with E-state index in [0.29, 0.717) is 18.9 Å². The van der Waals surface area contributed by atoms with Crippen LogP contribution in [0, 0.1) is 0 Å². The maximum absolute atomic E-state index is 12.2. The molecule has 6 nitrogen and oxygen atoms in total. The van der Waals surface area contributed by atoms with Gasteiger partial charge in [-0.05, 0) is 43.8 Å². The first kappa shape index (κ1) is 20.6. The number of nitrogens with zero attached hydrogens (tertiary/aromatic N) is 3. The third kappa shape index (κ3) is 5.93. The Morgan fingerprint density at radius 2 is 1.69 bits per heavy atom. The van der Waals surface area contributed by atoms with Gasteiger partial charge in [0.1, 0.15) is 5.75 Å². The van der Waals surface area contributed by atoms with Crippen molar-refractivity contribution in [1.29, 1.82) is 0 Å². The maximum Gasteiger partial charge on any atom is 0.274 e. The molecule has 0 saturated heterocycles. The summed E-state index contributed by atoms with van der Waals surface area (Å²) in [5.74, 6) is 0.838. The second-order valence-electron chi connectivity index (χ2n) is 7.60. The Hall–Kier alpha value is -3.12. The van der Waals surface area contributed by atoms with Crippen LogP contribution in [0.15, 0.2) is 65.5 Å². The van der Waals surface area contributed by atoms with Crippen molar-refractivity contribution in [3.05, 3.63) is 87.8 Å². The lowest BCUT2D eigenvalue weighted by molar-refractivity contribution is 0.294. The van der Waals surface area contributed by atoms with Gasteiger partial charge in [0.15, 0.2) is 0 Å². The van der Waals surface area contributed by atoms with Gasteiger partial charge in [0.2, 0.25) is 5.95 Å². The topological polar surface area (TPSA) is 72.5 Å². The molecule has 0 aliphatic carbocycles. The number of aromatic nitrogens is 2. The molecule has 0 radical (unpaired) electrons. The Bertz CT molecular complexity index is 968. The number of aromatic hydroxyl groups is 1. The van der Waals surface area contributed by atoms with Crippen molar-refractivity contribution in [1.82, 2.24) is 14.9 Å². The monoisotopic (exact) mass is 392 g/mol. The number of rotatable bonds is 8. The number of nitrogens with one attached hydrogen (secondary N) is 1. The molecule has 0 spiro atoms. The summed E-state index contributed by atoms with van der Waals surface area (Å²) in [5, 5.41) is 9.49. The second-order valence-corrected chi connectivity index (χ2v) is 7.60. The first-order chi connectivity index (χ1) is 13.9. The van der Waals surface area contributed by atoms with E-state index in [9.17, 15) is 9.90 Å². The van der Waals surface area contributed by atoms with E-state index in [-0.39, 0.29) is 17.4 Å². The zero-order valence-electron chi connectivity index (χ0n) is 17.2. The van der Waals surface area contributed by atoms with Gasteiger partial charge in [0.05, 0.1) is 0 Å². The molecule has 0 unspecified atom stereocenters. The highest BCUT2D eigenvalue weighted by Crippen LogP contribution is 2.15.